The van der Waals surface area contributed by atoms with Gasteiger partial charge in [0.05, 0.1) is 11.7 Å². The lowest BCUT2D eigenvalue weighted by molar-refractivity contribution is 0.0873. The molecule has 0 aromatic carbocycles. The predicted octanol–water partition coefficient (Wildman–Crippen LogP) is 1.32. The Hall–Kier alpha value is -1.95. The molecule has 1 fully saturated rings. The summed E-state index contributed by atoms with van der Waals surface area (Å²) in [5, 5.41) is 20.6. The number of pyridine rings is 1. The number of hydrogen-bond acceptors (Lipinski definition) is 4. The average Bonchev–Trinajstić information content (AvgIpc) is 2.86. The van der Waals surface area contributed by atoms with E-state index in [-0.39, 0.29) is 12.0 Å². The van der Waals surface area contributed by atoms with Crippen LogP contribution in [0.25, 0.3) is 5.65 Å². The van der Waals surface area contributed by atoms with E-state index in [1.807, 2.05) is 6.92 Å². The molecule has 21 heavy (non-hydrogen) atoms. The van der Waals surface area contributed by atoms with E-state index in [2.05, 4.69) is 15.5 Å². The zero-order chi connectivity index (χ0) is 14.8. The largest absolute Gasteiger partial charge is 0.393 e. The van der Waals surface area contributed by atoms with Gasteiger partial charge >= 0.3 is 0 Å². The van der Waals surface area contributed by atoms with E-state index in [0.29, 0.717) is 18.0 Å². The quantitative estimate of drug-likeness (QED) is 0.892. The van der Waals surface area contributed by atoms with E-state index < -0.39 is 0 Å². The maximum absolute atomic E-state index is 12.2. The van der Waals surface area contributed by atoms with Crippen molar-refractivity contribution in [2.24, 2.45) is 5.92 Å². The molecule has 3 rings (SSSR count). The minimum Gasteiger partial charge on any atom is -0.393 e. The number of nitrogens with one attached hydrogen (secondary N) is 1. The summed E-state index contributed by atoms with van der Waals surface area (Å²) in [6.07, 6.45) is 5.32. The highest BCUT2D eigenvalue weighted by atomic mass is 16.3. The molecule has 2 aromatic rings. The number of aromatic nitrogens is 3. The molecule has 2 atom stereocenters. The zero-order valence-corrected chi connectivity index (χ0v) is 12.1. The third-order valence-corrected chi connectivity index (χ3v) is 4.14. The van der Waals surface area contributed by atoms with Crippen LogP contribution in [0.15, 0.2) is 18.3 Å². The van der Waals surface area contributed by atoms with Crippen LogP contribution in [0.4, 0.5) is 0 Å². The first kappa shape index (κ1) is 14.0. The molecule has 2 unspecified atom stereocenters. The lowest BCUT2D eigenvalue weighted by Gasteiger charge is -2.25. The highest BCUT2D eigenvalue weighted by Gasteiger charge is 2.20. The number of aliphatic hydroxyl groups excluding tert-OH is 1. The highest BCUT2D eigenvalue weighted by Crippen LogP contribution is 2.23. The number of carbonyl (C=O) groups excluding carboxylic acids is 1. The fourth-order valence-corrected chi connectivity index (χ4v) is 2.93. The van der Waals surface area contributed by atoms with Gasteiger partial charge in [-0.15, -0.1) is 10.2 Å². The molecule has 1 amide bonds. The Morgan fingerprint density at radius 1 is 1.43 bits per heavy atom. The summed E-state index contributed by atoms with van der Waals surface area (Å²) in [4.78, 5) is 12.2. The molecule has 0 saturated heterocycles. The Morgan fingerprint density at radius 3 is 3.10 bits per heavy atom. The third kappa shape index (κ3) is 3.05. The van der Waals surface area contributed by atoms with Crippen LogP contribution in [0.3, 0.4) is 0 Å². The van der Waals surface area contributed by atoms with Crippen LogP contribution in [-0.4, -0.2) is 38.3 Å². The number of amides is 1. The third-order valence-electron chi connectivity index (χ3n) is 4.14. The Balaban J connectivity index is 1.65. The molecule has 2 heterocycles. The van der Waals surface area contributed by atoms with Gasteiger partial charge in [-0.25, -0.2) is 0 Å². The first-order valence-corrected chi connectivity index (χ1v) is 7.41. The molecule has 6 nitrogen and oxygen atoms in total. The number of aliphatic hydroxyl groups is 1. The number of carbonyl (C=O) groups is 1. The Labute approximate surface area is 123 Å². The monoisotopic (exact) mass is 288 g/mol. The van der Waals surface area contributed by atoms with Crippen LogP contribution in [0.5, 0.6) is 0 Å². The summed E-state index contributed by atoms with van der Waals surface area (Å²) in [7, 11) is 0. The molecule has 0 bridgehead atoms. The van der Waals surface area contributed by atoms with E-state index in [9.17, 15) is 9.90 Å². The van der Waals surface area contributed by atoms with Crippen molar-refractivity contribution in [2.45, 2.75) is 38.7 Å². The van der Waals surface area contributed by atoms with Crippen molar-refractivity contribution in [3.8, 4) is 0 Å². The lowest BCUT2D eigenvalue weighted by atomic mass is 9.87. The molecular formula is C15H20N4O2. The average molecular weight is 288 g/mol. The molecule has 0 radical (unpaired) electrons. The number of aryl methyl sites for hydroxylation is 1. The second-order valence-electron chi connectivity index (χ2n) is 5.79. The SMILES string of the molecule is Cc1nnc2ccc(C(=O)NCC3CCCC(O)C3)cn12. The molecule has 2 N–H and O–H groups in total. The second kappa shape index (κ2) is 5.81. The van der Waals surface area contributed by atoms with E-state index in [1.54, 1.807) is 22.7 Å². The van der Waals surface area contributed by atoms with Crippen molar-refractivity contribution in [1.82, 2.24) is 19.9 Å². The minimum absolute atomic E-state index is 0.0925. The number of hydrogen-bond donors (Lipinski definition) is 2. The Morgan fingerprint density at radius 2 is 2.29 bits per heavy atom. The van der Waals surface area contributed by atoms with Gasteiger partial charge in [0.15, 0.2) is 5.65 Å². The van der Waals surface area contributed by atoms with Crippen LogP contribution in [0.1, 0.15) is 41.9 Å². The van der Waals surface area contributed by atoms with Gasteiger partial charge < -0.3 is 10.4 Å². The molecule has 1 aliphatic carbocycles. The number of rotatable bonds is 3. The van der Waals surface area contributed by atoms with Crippen molar-refractivity contribution in [2.75, 3.05) is 6.54 Å². The standard InChI is InChI=1S/C15H20N4O2/c1-10-17-18-14-6-5-12(9-19(10)14)15(21)16-8-11-3-2-4-13(20)7-11/h5-6,9,11,13,20H,2-4,7-8H2,1H3,(H,16,21). The highest BCUT2D eigenvalue weighted by molar-refractivity contribution is 5.94. The fraction of sp³-hybridized carbons (Fsp3) is 0.533. The van der Waals surface area contributed by atoms with E-state index in [1.165, 1.54) is 0 Å². The van der Waals surface area contributed by atoms with Gasteiger partial charge in [-0.3, -0.25) is 9.20 Å². The number of fused-ring (bicyclic) bond motifs is 1. The predicted molar refractivity (Wildman–Crippen MR) is 78.0 cm³/mol. The van der Waals surface area contributed by atoms with E-state index in [0.717, 1.165) is 37.2 Å². The van der Waals surface area contributed by atoms with Crippen molar-refractivity contribution >= 4 is 11.6 Å². The van der Waals surface area contributed by atoms with Gasteiger partial charge in [0.25, 0.3) is 5.91 Å². The molecule has 1 saturated carbocycles. The topological polar surface area (TPSA) is 79.5 Å². The summed E-state index contributed by atoms with van der Waals surface area (Å²) >= 11 is 0. The van der Waals surface area contributed by atoms with Gasteiger partial charge in [-0.1, -0.05) is 6.42 Å². The maximum atomic E-state index is 12.2. The van der Waals surface area contributed by atoms with Gasteiger partial charge in [-0.2, -0.15) is 0 Å². The smallest absolute Gasteiger partial charge is 0.252 e. The zero-order valence-electron chi connectivity index (χ0n) is 12.1. The lowest BCUT2D eigenvalue weighted by Crippen LogP contribution is -2.33. The second-order valence-corrected chi connectivity index (χ2v) is 5.79. The van der Waals surface area contributed by atoms with Gasteiger partial charge in [-0.05, 0) is 44.2 Å². The van der Waals surface area contributed by atoms with Crippen molar-refractivity contribution in [1.29, 1.82) is 0 Å². The molecule has 0 aliphatic heterocycles. The van der Waals surface area contributed by atoms with E-state index in [4.69, 9.17) is 0 Å². The Kier molecular flexibility index (Phi) is 3.88. The Bertz CT molecular complexity index is 652. The molecule has 112 valence electrons. The fourth-order valence-electron chi connectivity index (χ4n) is 2.93. The van der Waals surface area contributed by atoms with E-state index >= 15 is 0 Å². The van der Waals surface area contributed by atoms with Gasteiger partial charge in [0, 0.05) is 12.7 Å². The summed E-state index contributed by atoms with van der Waals surface area (Å²) in [6, 6.07) is 3.55. The first-order chi connectivity index (χ1) is 10.1. The molecule has 6 heteroatoms. The molecular weight excluding hydrogens is 268 g/mol. The maximum Gasteiger partial charge on any atom is 0.252 e. The van der Waals surface area contributed by atoms with Crippen LogP contribution in [0.2, 0.25) is 0 Å². The van der Waals surface area contributed by atoms with Crippen molar-refractivity contribution in [3.05, 3.63) is 29.7 Å². The first-order valence-electron chi connectivity index (χ1n) is 7.41. The van der Waals surface area contributed by atoms with Gasteiger partial charge in [0.1, 0.15) is 5.82 Å². The number of nitrogens with zero attached hydrogens (tertiary/aromatic N) is 3. The van der Waals surface area contributed by atoms with Crippen molar-refractivity contribution < 1.29 is 9.90 Å². The summed E-state index contributed by atoms with van der Waals surface area (Å²) in [5.74, 6) is 1.04. The van der Waals surface area contributed by atoms with Crippen LogP contribution in [0, 0.1) is 12.8 Å². The molecule has 1 aliphatic rings. The molecule has 0 spiro atoms. The summed E-state index contributed by atoms with van der Waals surface area (Å²) in [6.45, 7) is 2.47. The normalized spacial score (nSPS) is 22.4. The summed E-state index contributed by atoms with van der Waals surface area (Å²) in [5.41, 5.74) is 1.33. The van der Waals surface area contributed by atoms with Gasteiger partial charge in [0.2, 0.25) is 0 Å². The van der Waals surface area contributed by atoms with Crippen molar-refractivity contribution in [3.63, 3.8) is 0 Å². The minimum atomic E-state index is -0.211. The van der Waals surface area contributed by atoms with Crippen LogP contribution < -0.4 is 5.32 Å². The summed E-state index contributed by atoms with van der Waals surface area (Å²) < 4.78 is 1.80. The molecule has 2 aromatic heterocycles. The van der Waals surface area contributed by atoms with Crippen LogP contribution in [-0.2, 0) is 0 Å². The van der Waals surface area contributed by atoms with Crippen LogP contribution >= 0.6 is 0 Å².